The maximum Gasteiger partial charge on any atom is 0.316 e. The number of nitrogens with two attached hydrogens (primary N) is 1. The van der Waals surface area contributed by atoms with E-state index in [1.165, 1.54) is 12.1 Å². The number of benzene rings is 1. The molecule has 2 saturated heterocycles. The van der Waals surface area contributed by atoms with E-state index < -0.39 is 28.9 Å². The van der Waals surface area contributed by atoms with Gasteiger partial charge >= 0.3 is 11.8 Å². The third kappa shape index (κ3) is 5.39. The number of hydrogen-bond acceptors (Lipinski definition) is 10. The fraction of sp³-hybridized carbons (Fsp3) is 0.464. The fourth-order valence-electron chi connectivity index (χ4n) is 4.71. The summed E-state index contributed by atoms with van der Waals surface area (Å²) in [6, 6.07) is 7.44. The maximum atomic E-state index is 13.8. The number of halogens is 1. The van der Waals surface area contributed by atoms with E-state index in [9.17, 15) is 14.0 Å². The average Bonchev–Trinajstić information content (AvgIpc) is 3.72. The Balaban J connectivity index is 1.35. The van der Waals surface area contributed by atoms with Crippen LogP contribution in [0.4, 0.5) is 10.3 Å². The van der Waals surface area contributed by atoms with Crippen LogP contribution in [0.3, 0.4) is 0 Å². The van der Waals surface area contributed by atoms with Gasteiger partial charge in [0.15, 0.2) is 5.82 Å². The van der Waals surface area contributed by atoms with Gasteiger partial charge in [0.25, 0.3) is 5.91 Å². The third-order valence-corrected chi connectivity index (χ3v) is 7.48. The van der Waals surface area contributed by atoms with Crippen LogP contribution >= 0.6 is 0 Å². The van der Waals surface area contributed by atoms with Crippen LogP contribution in [0.5, 0.6) is 0 Å². The van der Waals surface area contributed by atoms with Gasteiger partial charge < -0.3 is 34.6 Å². The molecule has 2 aromatic heterocycles. The number of rotatable bonds is 8. The number of nitrogens with zero attached hydrogens (tertiary/aromatic N) is 4. The van der Waals surface area contributed by atoms with Gasteiger partial charge in [-0.3, -0.25) is 9.59 Å². The first-order valence-corrected chi connectivity index (χ1v) is 13.5. The molecule has 41 heavy (non-hydrogen) atoms. The van der Waals surface area contributed by atoms with Gasteiger partial charge in [-0.15, -0.1) is 0 Å². The summed E-state index contributed by atoms with van der Waals surface area (Å²) in [6.45, 7) is 4.03. The lowest BCUT2D eigenvalue weighted by atomic mass is 9.91. The quantitative estimate of drug-likeness (QED) is 0.388. The Kier molecular flexibility index (Phi) is 7.18. The van der Waals surface area contributed by atoms with E-state index in [1.807, 2.05) is 4.90 Å². The van der Waals surface area contributed by atoms with Crippen LogP contribution in [0.25, 0.3) is 22.6 Å². The molecule has 216 valence electrons. The summed E-state index contributed by atoms with van der Waals surface area (Å²) in [7, 11) is 0. The standard InChI is InChI=1S/C28H31FN6O6/c1-27(25(37)39-14-17-2-3-17)15-40-28(23(30)36,41-16-27)24-33-21(18-4-6-19(29)7-5-18)22(34-24)20-8-9-31-26(32-20)35-10-12-38-13-11-35/h4-9,17H,2-3,10-16H2,1H3,(H2,30,36)(H,33,34). The highest BCUT2D eigenvalue weighted by Gasteiger charge is 2.54. The van der Waals surface area contributed by atoms with Crippen molar-refractivity contribution in [3.8, 4) is 22.6 Å². The molecule has 1 aliphatic carbocycles. The predicted molar refractivity (Wildman–Crippen MR) is 143 cm³/mol. The van der Waals surface area contributed by atoms with E-state index in [0.717, 1.165) is 12.8 Å². The monoisotopic (exact) mass is 566 g/mol. The van der Waals surface area contributed by atoms with E-state index in [0.29, 0.717) is 67.4 Å². The number of ether oxygens (including phenoxy) is 4. The number of aromatic amines is 1. The summed E-state index contributed by atoms with van der Waals surface area (Å²) in [5.41, 5.74) is 6.52. The predicted octanol–water partition coefficient (Wildman–Crippen LogP) is 2.15. The lowest BCUT2D eigenvalue weighted by Crippen LogP contribution is -2.56. The average molecular weight is 567 g/mol. The summed E-state index contributed by atoms with van der Waals surface area (Å²) in [5.74, 6) is -3.07. The number of anilines is 1. The van der Waals surface area contributed by atoms with Crippen LogP contribution in [0.15, 0.2) is 36.5 Å². The van der Waals surface area contributed by atoms with Crippen LogP contribution in [0.2, 0.25) is 0 Å². The second kappa shape index (κ2) is 10.8. The van der Waals surface area contributed by atoms with Gasteiger partial charge in [-0.05, 0) is 56.0 Å². The van der Waals surface area contributed by atoms with Gasteiger partial charge in [0.1, 0.15) is 11.2 Å². The minimum atomic E-state index is -2.11. The van der Waals surface area contributed by atoms with Crippen molar-refractivity contribution >= 4 is 17.8 Å². The molecule has 3 fully saturated rings. The molecule has 0 bridgehead atoms. The van der Waals surface area contributed by atoms with Crippen molar-refractivity contribution in [2.45, 2.75) is 25.6 Å². The summed E-state index contributed by atoms with van der Waals surface area (Å²) in [5, 5.41) is 0. The van der Waals surface area contributed by atoms with Crippen LogP contribution in [0, 0.1) is 17.2 Å². The number of nitrogens with one attached hydrogen (secondary N) is 1. The number of primary amides is 1. The zero-order chi connectivity index (χ0) is 28.6. The van der Waals surface area contributed by atoms with Crippen LogP contribution in [0.1, 0.15) is 25.6 Å². The van der Waals surface area contributed by atoms with Gasteiger partial charge in [0, 0.05) is 24.8 Å². The Morgan fingerprint density at radius 3 is 2.49 bits per heavy atom. The van der Waals surface area contributed by atoms with Crippen LogP contribution in [-0.2, 0) is 34.3 Å². The van der Waals surface area contributed by atoms with Gasteiger partial charge in [0.2, 0.25) is 5.95 Å². The van der Waals surface area contributed by atoms with E-state index >= 15 is 0 Å². The topological polar surface area (TPSA) is 155 Å². The van der Waals surface area contributed by atoms with Gasteiger partial charge in [0.05, 0.1) is 50.1 Å². The molecule has 12 nitrogen and oxygen atoms in total. The minimum absolute atomic E-state index is 0.0285. The summed E-state index contributed by atoms with van der Waals surface area (Å²) in [6.07, 6.45) is 3.71. The van der Waals surface area contributed by atoms with Crippen LogP contribution in [-0.4, -0.2) is 77.9 Å². The van der Waals surface area contributed by atoms with Gasteiger partial charge in [-0.1, -0.05) is 0 Å². The number of imidazole rings is 1. The Morgan fingerprint density at radius 1 is 1.12 bits per heavy atom. The van der Waals surface area contributed by atoms with E-state index in [1.54, 1.807) is 31.3 Å². The summed E-state index contributed by atoms with van der Waals surface area (Å²) in [4.78, 5) is 44.6. The Labute approximate surface area is 235 Å². The SMILES string of the molecule is CC1(C(=O)OCC2CC2)COC(C(N)=O)(c2nc(-c3ccc(F)cc3)c(-c3ccnc(N4CCOCC4)n3)[nH]2)OC1. The van der Waals surface area contributed by atoms with Crippen molar-refractivity contribution in [2.24, 2.45) is 17.1 Å². The molecule has 3 aliphatic rings. The first-order chi connectivity index (χ1) is 19.8. The number of carbonyl (C=O) groups is 2. The number of aromatic nitrogens is 4. The van der Waals surface area contributed by atoms with Crippen molar-refractivity contribution in [2.75, 3.05) is 51.0 Å². The molecule has 4 heterocycles. The lowest BCUT2D eigenvalue weighted by molar-refractivity contribution is -0.293. The van der Waals surface area contributed by atoms with Crippen molar-refractivity contribution in [3.05, 3.63) is 48.2 Å². The lowest BCUT2D eigenvalue weighted by Gasteiger charge is -2.40. The molecular weight excluding hydrogens is 535 g/mol. The van der Waals surface area contributed by atoms with Gasteiger partial charge in [-0.2, -0.15) is 0 Å². The summed E-state index contributed by atoms with van der Waals surface area (Å²) >= 11 is 0. The maximum absolute atomic E-state index is 13.8. The molecule has 2 aliphatic heterocycles. The molecule has 0 unspecified atom stereocenters. The Bertz CT molecular complexity index is 1430. The fourth-order valence-corrected chi connectivity index (χ4v) is 4.71. The van der Waals surface area contributed by atoms with E-state index in [4.69, 9.17) is 29.7 Å². The van der Waals surface area contributed by atoms with E-state index in [-0.39, 0.29) is 19.0 Å². The van der Waals surface area contributed by atoms with Crippen molar-refractivity contribution in [3.63, 3.8) is 0 Å². The zero-order valence-electron chi connectivity index (χ0n) is 22.6. The normalized spacial score (nSPS) is 24.7. The molecular formula is C28H31FN6O6. The van der Waals surface area contributed by atoms with Crippen molar-refractivity contribution in [1.82, 2.24) is 19.9 Å². The number of morpholine rings is 1. The molecule has 1 aromatic carbocycles. The number of amides is 1. The molecule has 0 radical (unpaired) electrons. The molecule has 0 atom stereocenters. The molecule has 0 spiro atoms. The van der Waals surface area contributed by atoms with E-state index in [2.05, 4.69) is 15.0 Å². The molecule has 1 saturated carbocycles. The highest BCUT2D eigenvalue weighted by Crippen LogP contribution is 2.40. The first-order valence-electron chi connectivity index (χ1n) is 13.5. The van der Waals surface area contributed by atoms with Gasteiger partial charge in [-0.25, -0.2) is 19.3 Å². The zero-order valence-corrected chi connectivity index (χ0v) is 22.6. The largest absolute Gasteiger partial charge is 0.465 e. The second-order valence-corrected chi connectivity index (χ2v) is 10.8. The third-order valence-electron chi connectivity index (χ3n) is 7.48. The summed E-state index contributed by atoms with van der Waals surface area (Å²) < 4.78 is 36.6. The van der Waals surface area contributed by atoms with Crippen molar-refractivity contribution in [1.29, 1.82) is 0 Å². The van der Waals surface area contributed by atoms with Crippen LogP contribution < -0.4 is 10.6 Å². The molecule has 3 N–H and O–H groups in total. The molecule has 3 aromatic rings. The Morgan fingerprint density at radius 2 is 1.83 bits per heavy atom. The molecule has 6 rings (SSSR count). The minimum Gasteiger partial charge on any atom is -0.465 e. The van der Waals surface area contributed by atoms with Crippen molar-refractivity contribution < 1.29 is 32.9 Å². The number of carbonyl (C=O) groups excluding carboxylic acids is 2. The Hall–Kier alpha value is -3.94. The molecule has 13 heteroatoms. The highest BCUT2D eigenvalue weighted by atomic mass is 19.1. The highest BCUT2D eigenvalue weighted by molar-refractivity contribution is 5.85. The smallest absolute Gasteiger partial charge is 0.316 e. The second-order valence-electron chi connectivity index (χ2n) is 10.8. The molecule has 1 amide bonds. The first kappa shape index (κ1) is 27.2. The number of hydrogen-bond donors (Lipinski definition) is 2. The number of esters is 1. The number of H-pyrrole nitrogens is 1.